The zero-order valence-electron chi connectivity index (χ0n) is 8.52. The van der Waals surface area contributed by atoms with Gasteiger partial charge in [0, 0.05) is 6.04 Å². The SMILES string of the molecule is CC(CC(C)(C)CN)N(C)C. The number of rotatable bonds is 4. The van der Waals surface area contributed by atoms with Gasteiger partial charge in [-0.3, -0.25) is 0 Å². The Morgan fingerprint density at radius 2 is 1.82 bits per heavy atom. The molecular formula is C9H22N2. The molecule has 0 amide bonds. The fourth-order valence-corrected chi connectivity index (χ4v) is 1.07. The average Bonchev–Trinajstić information content (AvgIpc) is 1.87. The molecule has 0 aliphatic rings. The van der Waals surface area contributed by atoms with Crippen LogP contribution in [0.2, 0.25) is 0 Å². The number of hydrogen-bond acceptors (Lipinski definition) is 2. The quantitative estimate of drug-likeness (QED) is 0.668. The summed E-state index contributed by atoms with van der Waals surface area (Å²) in [6.07, 6.45) is 1.16. The average molecular weight is 158 g/mol. The molecule has 0 radical (unpaired) electrons. The van der Waals surface area contributed by atoms with Crippen molar-refractivity contribution in [2.45, 2.75) is 33.2 Å². The van der Waals surface area contributed by atoms with E-state index in [1.807, 2.05) is 0 Å². The van der Waals surface area contributed by atoms with Gasteiger partial charge in [-0.2, -0.15) is 0 Å². The van der Waals surface area contributed by atoms with Crippen LogP contribution in [-0.4, -0.2) is 31.6 Å². The zero-order chi connectivity index (χ0) is 9.07. The second-order valence-corrected chi connectivity index (χ2v) is 4.39. The number of hydrogen-bond donors (Lipinski definition) is 1. The monoisotopic (exact) mass is 158 g/mol. The van der Waals surface area contributed by atoms with Crippen molar-refractivity contribution in [3.05, 3.63) is 0 Å². The second kappa shape index (κ2) is 4.07. The Morgan fingerprint density at radius 1 is 1.36 bits per heavy atom. The highest BCUT2D eigenvalue weighted by molar-refractivity contribution is 4.75. The van der Waals surface area contributed by atoms with Gasteiger partial charge in [0.2, 0.25) is 0 Å². The summed E-state index contributed by atoms with van der Waals surface area (Å²) < 4.78 is 0. The van der Waals surface area contributed by atoms with Gasteiger partial charge >= 0.3 is 0 Å². The molecule has 0 saturated heterocycles. The Balaban J connectivity index is 3.83. The molecule has 0 aromatic heterocycles. The van der Waals surface area contributed by atoms with Crippen molar-refractivity contribution in [3.8, 4) is 0 Å². The Morgan fingerprint density at radius 3 is 2.09 bits per heavy atom. The molecule has 0 bridgehead atoms. The van der Waals surface area contributed by atoms with Crippen LogP contribution in [0.25, 0.3) is 0 Å². The minimum Gasteiger partial charge on any atom is -0.330 e. The van der Waals surface area contributed by atoms with Crippen LogP contribution in [0, 0.1) is 5.41 Å². The van der Waals surface area contributed by atoms with Gasteiger partial charge in [0.25, 0.3) is 0 Å². The fourth-order valence-electron chi connectivity index (χ4n) is 1.07. The zero-order valence-corrected chi connectivity index (χ0v) is 8.52. The summed E-state index contributed by atoms with van der Waals surface area (Å²) in [5.41, 5.74) is 5.92. The highest BCUT2D eigenvalue weighted by Gasteiger charge is 2.19. The number of nitrogens with zero attached hydrogens (tertiary/aromatic N) is 1. The van der Waals surface area contributed by atoms with Crippen molar-refractivity contribution in [1.82, 2.24) is 4.90 Å². The lowest BCUT2D eigenvalue weighted by molar-refractivity contribution is 0.214. The van der Waals surface area contributed by atoms with E-state index < -0.39 is 0 Å². The van der Waals surface area contributed by atoms with E-state index >= 15 is 0 Å². The fraction of sp³-hybridized carbons (Fsp3) is 1.00. The second-order valence-electron chi connectivity index (χ2n) is 4.39. The van der Waals surface area contributed by atoms with Crippen molar-refractivity contribution in [1.29, 1.82) is 0 Å². The van der Waals surface area contributed by atoms with Crippen LogP contribution in [0.3, 0.4) is 0 Å². The van der Waals surface area contributed by atoms with E-state index in [1.54, 1.807) is 0 Å². The van der Waals surface area contributed by atoms with Gasteiger partial charge in [0.1, 0.15) is 0 Å². The van der Waals surface area contributed by atoms with E-state index in [4.69, 9.17) is 5.73 Å². The standard InChI is InChI=1S/C9H22N2/c1-8(11(4)5)6-9(2,3)7-10/h8H,6-7,10H2,1-5H3. The summed E-state index contributed by atoms with van der Waals surface area (Å²) in [5.74, 6) is 0. The maximum Gasteiger partial charge on any atom is 0.00663 e. The lowest BCUT2D eigenvalue weighted by Crippen LogP contribution is -2.34. The summed E-state index contributed by atoms with van der Waals surface area (Å²) in [4.78, 5) is 2.23. The van der Waals surface area contributed by atoms with Gasteiger partial charge in [-0.05, 0) is 39.4 Å². The molecule has 2 heteroatoms. The minimum atomic E-state index is 0.281. The van der Waals surface area contributed by atoms with E-state index in [9.17, 15) is 0 Å². The molecule has 0 aromatic carbocycles. The first-order valence-corrected chi connectivity index (χ1v) is 4.25. The van der Waals surface area contributed by atoms with Crippen molar-refractivity contribution >= 4 is 0 Å². The van der Waals surface area contributed by atoms with Gasteiger partial charge in [-0.25, -0.2) is 0 Å². The summed E-state index contributed by atoms with van der Waals surface area (Å²) in [5, 5.41) is 0. The predicted octanol–water partition coefficient (Wildman–Crippen LogP) is 1.31. The molecule has 0 aliphatic heterocycles. The Bertz CT molecular complexity index is 108. The van der Waals surface area contributed by atoms with Crippen LogP contribution in [0.15, 0.2) is 0 Å². The lowest BCUT2D eigenvalue weighted by atomic mass is 9.86. The molecule has 11 heavy (non-hydrogen) atoms. The van der Waals surface area contributed by atoms with Crippen LogP contribution in [0.5, 0.6) is 0 Å². The van der Waals surface area contributed by atoms with Crippen LogP contribution in [0.1, 0.15) is 27.2 Å². The lowest BCUT2D eigenvalue weighted by Gasteiger charge is -2.29. The first kappa shape index (κ1) is 10.9. The Labute approximate surface area is 70.8 Å². The first-order valence-electron chi connectivity index (χ1n) is 4.25. The molecule has 0 rings (SSSR count). The first-order chi connectivity index (χ1) is 4.89. The van der Waals surface area contributed by atoms with Gasteiger partial charge in [-0.1, -0.05) is 13.8 Å². The van der Waals surface area contributed by atoms with Crippen molar-refractivity contribution in [2.75, 3.05) is 20.6 Å². The third-order valence-corrected chi connectivity index (χ3v) is 2.28. The van der Waals surface area contributed by atoms with Crippen molar-refractivity contribution in [2.24, 2.45) is 11.1 Å². The molecule has 0 spiro atoms. The summed E-state index contributed by atoms with van der Waals surface area (Å²) in [6.45, 7) is 7.43. The molecule has 0 heterocycles. The molecule has 0 saturated carbocycles. The van der Waals surface area contributed by atoms with E-state index in [-0.39, 0.29) is 5.41 Å². The van der Waals surface area contributed by atoms with Gasteiger partial charge in [0.05, 0.1) is 0 Å². The van der Waals surface area contributed by atoms with E-state index in [0.717, 1.165) is 13.0 Å². The van der Waals surface area contributed by atoms with E-state index in [2.05, 4.69) is 39.8 Å². The topological polar surface area (TPSA) is 29.3 Å². The number of nitrogens with two attached hydrogens (primary N) is 1. The van der Waals surface area contributed by atoms with Gasteiger partial charge in [0.15, 0.2) is 0 Å². The largest absolute Gasteiger partial charge is 0.330 e. The molecule has 0 fully saturated rings. The molecule has 2 N–H and O–H groups in total. The van der Waals surface area contributed by atoms with Crippen molar-refractivity contribution in [3.63, 3.8) is 0 Å². The maximum absolute atomic E-state index is 5.64. The molecule has 1 unspecified atom stereocenters. The van der Waals surface area contributed by atoms with Crippen LogP contribution in [-0.2, 0) is 0 Å². The smallest absolute Gasteiger partial charge is 0.00663 e. The maximum atomic E-state index is 5.64. The molecular weight excluding hydrogens is 136 g/mol. The summed E-state index contributed by atoms with van der Waals surface area (Å²) in [7, 11) is 4.22. The molecule has 0 aromatic rings. The summed E-state index contributed by atoms with van der Waals surface area (Å²) >= 11 is 0. The van der Waals surface area contributed by atoms with E-state index in [0.29, 0.717) is 6.04 Å². The van der Waals surface area contributed by atoms with Crippen molar-refractivity contribution < 1.29 is 0 Å². The molecule has 0 aliphatic carbocycles. The Hall–Kier alpha value is -0.0800. The predicted molar refractivity (Wildman–Crippen MR) is 50.6 cm³/mol. The highest BCUT2D eigenvalue weighted by Crippen LogP contribution is 2.21. The van der Waals surface area contributed by atoms with Gasteiger partial charge < -0.3 is 10.6 Å². The minimum absolute atomic E-state index is 0.281. The van der Waals surface area contributed by atoms with Crippen LogP contribution in [0.4, 0.5) is 0 Å². The third-order valence-electron chi connectivity index (χ3n) is 2.28. The van der Waals surface area contributed by atoms with Crippen LogP contribution >= 0.6 is 0 Å². The summed E-state index contributed by atoms with van der Waals surface area (Å²) in [6, 6.07) is 0.619. The molecule has 68 valence electrons. The Kier molecular flexibility index (Phi) is 4.04. The van der Waals surface area contributed by atoms with Crippen LogP contribution < -0.4 is 5.73 Å². The highest BCUT2D eigenvalue weighted by atomic mass is 15.1. The molecule has 2 nitrogen and oxygen atoms in total. The molecule has 1 atom stereocenters. The third kappa shape index (κ3) is 4.38. The van der Waals surface area contributed by atoms with Gasteiger partial charge in [-0.15, -0.1) is 0 Å². The van der Waals surface area contributed by atoms with E-state index in [1.165, 1.54) is 0 Å². The normalized spacial score (nSPS) is 15.5.